The van der Waals surface area contributed by atoms with Crippen molar-refractivity contribution in [2.24, 2.45) is 11.7 Å². The van der Waals surface area contributed by atoms with Gasteiger partial charge in [0.2, 0.25) is 11.7 Å². The van der Waals surface area contributed by atoms with E-state index in [2.05, 4.69) is 10.2 Å². The molecule has 0 aliphatic heterocycles. The van der Waals surface area contributed by atoms with Crippen molar-refractivity contribution in [3.05, 3.63) is 42.1 Å². The van der Waals surface area contributed by atoms with Crippen molar-refractivity contribution in [2.75, 3.05) is 0 Å². The van der Waals surface area contributed by atoms with Gasteiger partial charge in [0.25, 0.3) is 5.89 Å². The number of rotatable bonds is 6. The number of sulfone groups is 1. The SMILES string of the molecule is CC(C)C(N)C(=O)c1nnc(CS(=O)(=O)c2ccccc2)o1. The molecule has 1 aromatic heterocycles. The predicted molar refractivity (Wildman–Crippen MR) is 78.8 cm³/mol. The van der Waals surface area contributed by atoms with Crippen molar-refractivity contribution >= 4 is 15.6 Å². The second kappa shape index (κ2) is 6.37. The Bertz CT molecular complexity index is 753. The van der Waals surface area contributed by atoms with Crippen molar-refractivity contribution in [3.63, 3.8) is 0 Å². The first-order chi connectivity index (χ1) is 10.3. The van der Waals surface area contributed by atoms with Crippen LogP contribution in [0.25, 0.3) is 0 Å². The highest BCUT2D eigenvalue weighted by Gasteiger charge is 2.26. The number of hydrogen-bond acceptors (Lipinski definition) is 7. The average Bonchev–Trinajstić information content (AvgIpc) is 2.94. The standard InChI is InChI=1S/C14H17N3O4S/c1-9(2)12(15)13(18)14-17-16-11(21-14)8-22(19,20)10-6-4-3-5-7-10/h3-7,9,12H,8,15H2,1-2H3. The van der Waals surface area contributed by atoms with Gasteiger partial charge in [0.15, 0.2) is 9.84 Å². The number of nitrogens with two attached hydrogens (primary N) is 1. The zero-order valence-corrected chi connectivity index (χ0v) is 13.1. The largest absolute Gasteiger partial charge is 0.417 e. The highest BCUT2D eigenvalue weighted by Crippen LogP contribution is 2.16. The van der Waals surface area contributed by atoms with Crippen LogP contribution >= 0.6 is 0 Å². The quantitative estimate of drug-likeness (QED) is 0.794. The monoisotopic (exact) mass is 323 g/mol. The summed E-state index contributed by atoms with van der Waals surface area (Å²) in [6.07, 6.45) is 0. The molecule has 0 spiro atoms. The number of ketones is 1. The first kappa shape index (κ1) is 16.3. The molecule has 1 atom stereocenters. The summed E-state index contributed by atoms with van der Waals surface area (Å²) < 4.78 is 29.5. The highest BCUT2D eigenvalue weighted by molar-refractivity contribution is 7.90. The van der Waals surface area contributed by atoms with E-state index in [9.17, 15) is 13.2 Å². The van der Waals surface area contributed by atoms with Crippen LogP contribution in [0.5, 0.6) is 0 Å². The normalized spacial score (nSPS) is 13.3. The summed E-state index contributed by atoms with van der Waals surface area (Å²) in [5.74, 6) is -1.45. The third-order valence-electron chi connectivity index (χ3n) is 3.11. The second-order valence-corrected chi connectivity index (χ2v) is 7.20. The fourth-order valence-corrected chi connectivity index (χ4v) is 2.91. The van der Waals surface area contributed by atoms with Crippen LogP contribution in [-0.2, 0) is 15.6 Å². The van der Waals surface area contributed by atoms with E-state index in [1.54, 1.807) is 32.0 Å². The number of aromatic nitrogens is 2. The van der Waals surface area contributed by atoms with Gasteiger partial charge >= 0.3 is 0 Å². The third kappa shape index (κ3) is 3.58. The first-order valence-corrected chi connectivity index (χ1v) is 8.36. The zero-order valence-electron chi connectivity index (χ0n) is 12.3. The Balaban J connectivity index is 2.18. The lowest BCUT2D eigenvalue weighted by molar-refractivity contribution is 0.0904. The van der Waals surface area contributed by atoms with E-state index in [-0.39, 0.29) is 22.6 Å². The molecule has 0 bridgehead atoms. The molecule has 0 aliphatic rings. The van der Waals surface area contributed by atoms with E-state index in [1.165, 1.54) is 12.1 Å². The van der Waals surface area contributed by atoms with Gasteiger partial charge in [-0.25, -0.2) is 8.42 Å². The van der Waals surface area contributed by atoms with Crippen LogP contribution < -0.4 is 5.73 Å². The van der Waals surface area contributed by atoms with Crippen molar-refractivity contribution in [3.8, 4) is 0 Å². The molecule has 2 rings (SSSR count). The first-order valence-electron chi connectivity index (χ1n) is 6.71. The van der Waals surface area contributed by atoms with Crippen LogP contribution in [0.2, 0.25) is 0 Å². The summed E-state index contributed by atoms with van der Waals surface area (Å²) in [4.78, 5) is 12.1. The van der Waals surface area contributed by atoms with Gasteiger partial charge in [-0.15, -0.1) is 10.2 Å². The Morgan fingerprint density at radius 2 is 1.86 bits per heavy atom. The van der Waals surface area contributed by atoms with Gasteiger partial charge in [-0.3, -0.25) is 4.79 Å². The van der Waals surface area contributed by atoms with Crippen LogP contribution in [-0.4, -0.2) is 30.4 Å². The van der Waals surface area contributed by atoms with E-state index in [0.717, 1.165) is 0 Å². The van der Waals surface area contributed by atoms with Crippen molar-refractivity contribution in [2.45, 2.75) is 30.5 Å². The maximum atomic E-state index is 12.2. The number of carbonyl (C=O) groups is 1. The summed E-state index contributed by atoms with van der Waals surface area (Å²) >= 11 is 0. The van der Waals surface area contributed by atoms with Crippen molar-refractivity contribution in [1.29, 1.82) is 0 Å². The molecule has 0 saturated carbocycles. The lowest BCUT2D eigenvalue weighted by Crippen LogP contribution is -2.35. The molecule has 2 N–H and O–H groups in total. The van der Waals surface area contributed by atoms with Crippen LogP contribution in [0.4, 0.5) is 0 Å². The van der Waals surface area contributed by atoms with Crippen LogP contribution in [0.1, 0.15) is 30.4 Å². The molecule has 0 radical (unpaired) electrons. The van der Waals surface area contributed by atoms with Gasteiger partial charge in [-0.05, 0) is 18.1 Å². The van der Waals surface area contributed by atoms with Crippen LogP contribution in [0.15, 0.2) is 39.6 Å². The van der Waals surface area contributed by atoms with Gasteiger partial charge in [-0.1, -0.05) is 32.0 Å². The molecule has 22 heavy (non-hydrogen) atoms. The number of carbonyl (C=O) groups excluding carboxylic acids is 1. The lowest BCUT2D eigenvalue weighted by Gasteiger charge is -2.10. The van der Waals surface area contributed by atoms with Crippen molar-refractivity contribution in [1.82, 2.24) is 10.2 Å². The van der Waals surface area contributed by atoms with Gasteiger partial charge < -0.3 is 10.2 Å². The second-order valence-electron chi connectivity index (χ2n) is 5.21. The summed E-state index contributed by atoms with van der Waals surface area (Å²) in [7, 11) is -3.60. The molecule has 0 saturated heterocycles. The van der Waals surface area contributed by atoms with E-state index in [4.69, 9.17) is 10.2 Å². The van der Waals surface area contributed by atoms with E-state index < -0.39 is 27.4 Å². The Kier molecular flexibility index (Phi) is 4.72. The minimum atomic E-state index is -3.60. The molecular weight excluding hydrogens is 306 g/mol. The third-order valence-corrected chi connectivity index (χ3v) is 4.73. The minimum absolute atomic E-state index is 0.0871. The molecule has 118 valence electrons. The van der Waals surface area contributed by atoms with E-state index >= 15 is 0 Å². The number of hydrogen-bond donors (Lipinski definition) is 1. The molecule has 0 amide bonds. The van der Waals surface area contributed by atoms with Gasteiger partial charge in [0, 0.05) is 0 Å². The Morgan fingerprint density at radius 3 is 2.45 bits per heavy atom. The fraction of sp³-hybridized carbons (Fsp3) is 0.357. The average molecular weight is 323 g/mol. The molecule has 1 heterocycles. The van der Waals surface area contributed by atoms with Gasteiger partial charge in [-0.2, -0.15) is 0 Å². The minimum Gasteiger partial charge on any atom is -0.417 e. The zero-order chi connectivity index (χ0) is 16.3. The Morgan fingerprint density at radius 1 is 1.23 bits per heavy atom. The molecule has 8 heteroatoms. The van der Waals surface area contributed by atoms with Crippen molar-refractivity contribution < 1.29 is 17.6 Å². The summed E-state index contributed by atoms with van der Waals surface area (Å²) in [6, 6.07) is 7.16. The predicted octanol–water partition coefficient (Wildman–Crippen LogP) is 1.21. The maximum absolute atomic E-state index is 12.2. The topological polar surface area (TPSA) is 116 Å². The number of benzene rings is 1. The Labute approximate surface area is 128 Å². The molecule has 0 aliphatic carbocycles. The lowest BCUT2D eigenvalue weighted by atomic mass is 10.0. The van der Waals surface area contributed by atoms with Crippen LogP contribution in [0, 0.1) is 5.92 Å². The summed E-state index contributed by atoms with van der Waals surface area (Å²) in [5.41, 5.74) is 5.72. The van der Waals surface area contributed by atoms with E-state index in [1.807, 2.05) is 0 Å². The highest BCUT2D eigenvalue weighted by atomic mass is 32.2. The van der Waals surface area contributed by atoms with E-state index in [0.29, 0.717) is 0 Å². The molecular formula is C14H17N3O4S. The van der Waals surface area contributed by atoms with Crippen LogP contribution in [0.3, 0.4) is 0 Å². The summed E-state index contributed by atoms with van der Waals surface area (Å²) in [6.45, 7) is 3.58. The molecule has 7 nitrogen and oxygen atoms in total. The smallest absolute Gasteiger partial charge is 0.285 e. The number of nitrogens with zero attached hydrogens (tertiary/aromatic N) is 2. The fourth-order valence-electron chi connectivity index (χ4n) is 1.73. The molecule has 2 aromatic rings. The summed E-state index contributed by atoms with van der Waals surface area (Å²) in [5, 5.41) is 7.20. The number of Topliss-reactive ketones (excluding diaryl/α,β-unsaturated/α-hetero) is 1. The van der Waals surface area contributed by atoms with Gasteiger partial charge in [0.05, 0.1) is 10.9 Å². The molecule has 0 fully saturated rings. The molecule has 1 unspecified atom stereocenters. The molecule has 1 aromatic carbocycles. The maximum Gasteiger partial charge on any atom is 0.285 e. The van der Waals surface area contributed by atoms with Gasteiger partial charge in [0.1, 0.15) is 5.75 Å². The Hall–Kier alpha value is -2.06.